The van der Waals surface area contributed by atoms with Crippen LogP contribution in [0.15, 0.2) is 60.8 Å². The molecule has 0 saturated heterocycles. The van der Waals surface area contributed by atoms with Gasteiger partial charge >= 0.3 is 0 Å². The zero-order valence-corrected chi connectivity index (χ0v) is 29.9. The Morgan fingerprint density at radius 2 is 0.898 bits per heavy atom. The van der Waals surface area contributed by atoms with Gasteiger partial charge in [-0.05, 0) is 102 Å². The minimum absolute atomic E-state index is 0.438. The molecule has 0 aromatic carbocycles. The first-order valence-electron chi connectivity index (χ1n) is 18.5. The van der Waals surface area contributed by atoms with E-state index in [-0.39, 0.29) is 0 Å². The summed E-state index contributed by atoms with van der Waals surface area (Å²) >= 11 is 0. The van der Waals surface area contributed by atoms with Crippen molar-refractivity contribution < 1.29 is 25.5 Å². The Morgan fingerprint density at radius 1 is 0.429 bits per heavy atom. The summed E-state index contributed by atoms with van der Waals surface area (Å²) in [5, 5.41) is 48.1. The van der Waals surface area contributed by atoms with Crippen molar-refractivity contribution >= 4 is 0 Å². The van der Waals surface area contributed by atoms with E-state index in [9.17, 15) is 25.5 Å². The highest BCUT2D eigenvalue weighted by Crippen LogP contribution is 2.12. The molecule has 270 valence electrons. The second-order valence-electron chi connectivity index (χ2n) is 12.3. The monoisotopic (exact) mass is 672 g/mol. The first kappa shape index (κ1) is 45.7. The van der Waals surface area contributed by atoms with Gasteiger partial charge in [-0.25, -0.2) is 0 Å². The average molecular weight is 673 g/mol. The molecule has 0 aromatic rings. The summed E-state index contributed by atoms with van der Waals surface area (Å²) in [5.41, 5.74) is 0. The van der Waals surface area contributed by atoms with Crippen LogP contribution >= 0.6 is 0 Å². The van der Waals surface area contributed by atoms with Crippen LogP contribution in [0.3, 0.4) is 0 Å². The first-order chi connectivity index (χ1) is 23.9. The molecule has 0 saturated carbocycles. The number of aliphatic hydroxyl groups is 5. The SMILES string of the molecule is C#CC(O)C=CCCCCCCCCCCCC=CCCCCC=CCCC=CC#CC(O)C#CC(O)CCCCC(O)C=CC(O)C#C. The molecule has 0 radical (unpaired) electrons. The zero-order valence-electron chi connectivity index (χ0n) is 29.9. The van der Waals surface area contributed by atoms with Gasteiger partial charge in [0.25, 0.3) is 0 Å². The van der Waals surface area contributed by atoms with Gasteiger partial charge in [0.05, 0.1) is 6.10 Å². The van der Waals surface area contributed by atoms with Crippen LogP contribution in [-0.2, 0) is 0 Å². The molecular weight excluding hydrogens is 608 g/mol. The van der Waals surface area contributed by atoms with Crippen LogP contribution in [0.25, 0.3) is 0 Å². The minimum Gasteiger partial charge on any atom is -0.389 e. The van der Waals surface area contributed by atoms with Crippen LogP contribution in [0.2, 0.25) is 0 Å². The minimum atomic E-state index is -1.11. The molecule has 5 atom stereocenters. The third-order valence-electron chi connectivity index (χ3n) is 7.78. The summed E-state index contributed by atoms with van der Waals surface area (Å²) in [6.07, 6.45) is 48.0. The van der Waals surface area contributed by atoms with E-state index in [1.165, 1.54) is 89.2 Å². The number of rotatable bonds is 28. The van der Waals surface area contributed by atoms with Gasteiger partial charge < -0.3 is 25.5 Å². The molecule has 0 spiro atoms. The van der Waals surface area contributed by atoms with E-state index in [0.717, 1.165) is 32.1 Å². The number of aliphatic hydroxyl groups excluding tert-OH is 5. The highest BCUT2D eigenvalue weighted by Gasteiger charge is 2.04. The lowest BCUT2D eigenvalue weighted by Crippen LogP contribution is -2.07. The lowest BCUT2D eigenvalue weighted by molar-refractivity contribution is 0.193. The molecule has 0 aliphatic rings. The van der Waals surface area contributed by atoms with Gasteiger partial charge in [-0.1, -0.05) is 129 Å². The summed E-state index contributed by atoms with van der Waals surface area (Å²) in [7, 11) is 0. The van der Waals surface area contributed by atoms with Gasteiger partial charge in [-0.2, -0.15) is 0 Å². The molecule has 49 heavy (non-hydrogen) atoms. The fraction of sp³-hybridized carbons (Fsp3) is 0.591. The van der Waals surface area contributed by atoms with Crippen LogP contribution in [-0.4, -0.2) is 56.1 Å². The van der Waals surface area contributed by atoms with Gasteiger partial charge in [0.2, 0.25) is 0 Å². The molecule has 0 aliphatic carbocycles. The van der Waals surface area contributed by atoms with Crippen molar-refractivity contribution in [2.45, 2.75) is 165 Å². The number of hydrogen-bond acceptors (Lipinski definition) is 5. The van der Waals surface area contributed by atoms with Crippen molar-refractivity contribution in [3.8, 4) is 48.4 Å². The standard InChI is InChI=1S/C44H64O5/c1-3-40(45)32-28-26-24-22-20-18-16-14-12-10-8-6-5-7-9-11-13-15-17-19-21-23-25-27-29-33-42(47)38-39-44(49)35-31-30-34-43(48)37-36-41(46)4-2/h1-2,5,7,17,19,25,27-28,32,36-37,40-49H,6,8-16,18,20-24,26,30-31,34-35H2. The molecule has 5 heteroatoms. The van der Waals surface area contributed by atoms with Crippen LogP contribution in [0.4, 0.5) is 0 Å². The fourth-order valence-electron chi connectivity index (χ4n) is 4.86. The molecule has 0 bridgehead atoms. The van der Waals surface area contributed by atoms with E-state index in [0.29, 0.717) is 25.7 Å². The van der Waals surface area contributed by atoms with E-state index in [2.05, 4.69) is 59.8 Å². The number of terminal acetylenes is 2. The highest BCUT2D eigenvalue weighted by molar-refractivity contribution is 5.25. The summed E-state index contributed by atoms with van der Waals surface area (Å²) in [5.74, 6) is 15.0. The molecule has 5 N–H and O–H groups in total. The second kappa shape index (κ2) is 36.0. The van der Waals surface area contributed by atoms with Crippen LogP contribution in [0.1, 0.15) is 135 Å². The van der Waals surface area contributed by atoms with Crippen molar-refractivity contribution in [1.29, 1.82) is 0 Å². The smallest absolute Gasteiger partial charge is 0.177 e. The predicted octanol–water partition coefficient (Wildman–Crippen LogP) is 8.04. The first-order valence-corrected chi connectivity index (χ1v) is 18.5. The van der Waals surface area contributed by atoms with Crippen molar-refractivity contribution in [3.63, 3.8) is 0 Å². The molecule has 0 fully saturated rings. The lowest BCUT2D eigenvalue weighted by atomic mass is 10.1. The maximum atomic E-state index is 9.96. The number of hydrogen-bond donors (Lipinski definition) is 5. The third-order valence-corrected chi connectivity index (χ3v) is 7.78. The normalized spacial score (nSPS) is 14.8. The Kier molecular flexibility index (Phi) is 33.6. The molecule has 0 aromatic heterocycles. The van der Waals surface area contributed by atoms with Gasteiger partial charge in [0.1, 0.15) is 18.3 Å². The summed E-state index contributed by atoms with van der Waals surface area (Å²) in [4.78, 5) is 0. The predicted molar refractivity (Wildman–Crippen MR) is 206 cm³/mol. The van der Waals surface area contributed by atoms with Crippen molar-refractivity contribution in [2.24, 2.45) is 0 Å². The quantitative estimate of drug-likeness (QED) is 0.0329. The van der Waals surface area contributed by atoms with Crippen molar-refractivity contribution in [2.75, 3.05) is 0 Å². The molecule has 0 heterocycles. The molecular formula is C44H64O5. The van der Waals surface area contributed by atoms with E-state index >= 15 is 0 Å². The van der Waals surface area contributed by atoms with E-state index in [1.807, 2.05) is 12.2 Å². The Labute approximate surface area is 299 Å². The van der Waals surface area contributed by atoms with Gasteiger partial charge in [-0.3, -0.25) is 0 Å². The molecule has 0 rings (SSSR count). The van der Waals surface area contributed by atoms with Crippen LogP contribution in [0, 0.1) is 48.4 Å². The lowest BCUT2D eigenvalue weighted by Gasteiger charge is -2.07. The summed E-state index contributed by atoms with van der Waals surface area (Å²) in [6.45, 7) is 0. The molecule has 0 aliphatic heterocycles. The van der Waals surface area contributed by atoms with Crippen LogP contribution < -0.4 is 0 Å². The number of unbranched alkanes of at least 4 members (excludes halogenated alkanes) is 15. The second-order valence-corrected chi connectivity index (χ2v) is 12.3. The Bertz CT molecular complexity index is 1140. The Balaban J connectivity index is 3.64. The average Bonchev–Trinajstić information content (AvgIpc) is 3.10. The van der Waals surface area contributed by atoms with Crippen LogP contribution in [0.5, 0.6) is 0 Å². The van der Waals surface area contributed by atoms with E-state index in [4.69, 9.17) is 12.8 Å². The Morgan fingerprint density at radius 3 is 1.49 bits per heavy atom. The van der Waals surface area contributed by atoms with Gasteiger partial charge in [0.15, 0.2) is 6.10 Å². The third kappa shape index (κ3) is 35.9. The molecule has 0 amide bonds. The number of allylic oxidation sites excluding steroid dienone is 7. The maximum Gasteiger partial charge on any atom is 0.177 e. The summed E-state index contributed by atoms with van der Waals surface area (Å²) < 4.78 is 0. The fourth-order valence-corrected chi connectivity index (χ4v) is 4.86. The molecule has 5 nitrogen and oxygen atoms in total. The summed E-state index contributed by atoms with van der Waals surface area (Å²) in [6, 6.07) is 0. The molecule has 5 unspecified atom stereocenters. The van der Waals surface area contributed by atoms with E-state index < -0.39 is 30.5 Å². The zero-order chi connectivity index (χ0) is 36.0. The van der Waals surface area contributed by atoms with E-state index in [1.54, 1.807) is 12.2 Å². The highest BCUT2D eigenvalue weighted by atomic mass is 16.3. The van der Waals surface area contributed by atoms with Crippen molar-refractivity contribution in [1.82, 2.24) is 0 Å². The Hall–Kier alpha value is -3.26. The van der Waals surface area contributed by atoms with Crippen molar-refractivity contribution in [3.05, 3.63) is 60.8 Å². The maximum absolute atomic E-state index is 9.96. The topological polar surface area (TPSA) is 101 Å². The largest absolute Gasteiger partial charge is 0.389 e. The van der Waals surface area contributed by atoms with Gasteiger partial charge in [0, 0.05) is 0 Å². The van der Waals surface area contributed by atoms with Gasteiger partial charge in [-0.15, -0.1) is 12.8 Å².